The van der Waals surface area contributed by atoms with Crippen molar-refractivity contribution in [3.63, 3.8) is 0 Å². The van der Waals surface area contributed by atoms with Gasteiger partial charge in [-0.2, -0.15) is 4.98 Å². The molecule has 0 aromatic carbocycles. The molecule has 1 aliphatic heterocycles. The molecule has 0 spiro atoms. The van der Waals surface area contributed by atoms with Crippen molar-refractivity contribution in [2.45, 2.75) is 31.2 Å². The number of nitrogens with zero attached hydrogens (tertiary/aromatic N) is 3. The molecule has 3 atom stereocenters. The van der Waals surface area contributed by atoms with Crippen LogP contribution < -0.4 is 5.32 Å². The molecule has 1 saturated carbocycles. The summed E-state index contributed by atoms with van der Waals surface area (Å²) in [4.78, 5) is 30.9. The van der Waals surface area contributed by atoms with Crippen LogP contribution in [0.15, 0.2) is 27.3 Å². The molecular weight excluding hydrogens is 352 g/mol. The number of likely N-dealkylation sites (tertiary alicyclic amines) is 1. The number of ether oxygens (including phenoxy) is 1. The van der Waals surface area contributed by atoms with Gasteiger partial charge in [0.15, 0.2) is 11.6 Å². The number of furan rings is 1. The molecule has 2 aromatic rings. The van der Waals surface area contributed by atoms with E-state index in [4.69, 9.17) is 13.7 Å². The first-order chi connectivity index (χ1) is 13.0. The molecule has 4 rings (SSSR count). The van der Waals surface area contributed by atoms with Gasteiger partial charge in [0.2, 0.25) is 11.8 Å². The fourth-order valence-corrected chi connectivity index (χ4v) is 4.38. The fourth-order valence-electron chi connectivity index (χ4n) is 4.38. The first-order valence-corrected chi connectivity index (χ1v) is 8.93. The SMILES string of the molecule is COCC(=O)N1C[C@@H]2C[C@@H](NC(=O)c3ccco3)C[C@]2(c2nc(C)no2)C1. The van der Waals surface area contributed by atoms with E-state index in [0.29, 0.717) is 31.2 Å². The van der Waals surface area contributed by atoms with Gasteiger partial charge in [-0.05, 0) is 37.8 Å². The molecule has 0 bridgehead atoms. The molecule has 144 valence electrons. The van der Waals surface area contributed by atoms with E-state index in [0.717, 1.165) is 6.42 Å². The second kappa shape index (κ2) is 6.80. The van der Waals surface area contributed by atoms with Crippen LogP contribution in [0, 0.1) is 12.8 Å². The summed E-state index contributed by atoms with van der Waals surface area (Å²) >= 11 is 0. The van der Waals surface area contributed by atoms with Crippen LogP contribution in [0.3, 0.4) is 0 Å². The lowest BCUT2D eigenvalue weighted by atomic mass is 9.80. The first-order valence-electron chi connectivity index (χ1n) is 8.93. The predicted molar refractivity (Wildman–Crippen MR) is 91.9 cm³/mol. The molecule has 2 aromatic heterocycles. The van der Waals surface area contributed by atoms with Gasteiger partial charge in [0.1, 0.15) is 6.61 Å². The average Bonchev–Trinajstić information content (AvgIpc) is 3.37. The maximum atomic E-state index is 12.3. The Morgan fingerprint density at radius 3 is 3.00 bits per heavy atom. The Morgan fingerprint density at radius 1 is 1.48 bits per heavy atom. The zero-order valence-corrected chi connectivity index (χ0v) is 15.3. The number of aromatic nitrogens is 2. The second-order valence-corrected chi connectivity index (χ2v) is 7.29. The molecule has 1 aliphatic carbocycles. The third kappa shape index (κ3) is 3.12. The molecule has 27 heavy (non-hydrogen) atoms. The van der Waals surface area contributed by atoms with E-state index in [9.17, 15) is 9.59 Å². The molecule has 3 heterocycles. The number of hydrogen-bond acceptors (Lipinski definition) is 7. The molecule has 1 saturated heterocycles. The Labute approximate surface area is 156 Å². The van der Waals surface area contributed by atoms with E-state index in [1.165, 1.54) is 13.4 Å². The lowest BCUT2D eigenvalue weighted by molar-refractivity contribution is -0.134. The summed E-state index contributed by atoms with van der Waals surface area (Å²) in [7, 11) is 1.51. The van der Waals surface area contributed by atoms with E-state index >= 15 is 0 Å². The Balaban J connectivity index is 1.55. The van der Waals surface area contributed by atoms with Crippen LogP contribution in [-0.2, 0) is 14.9 Å². The van der Waals surface area contributed by atoms with Gasteiger partial charge < -0.3 is 23.9 Å². The number of amides is 2. The summed E-state index contributed by atoms with van der Waals surface area (Å²) < 4.78 is 15.7. The van der Waals surface area contributed by atoms with Gasteiger partial charge in [-0.15, -0.1) is 0 Å². The molecule has 0 unspecified atom stereocenters. The van der Waals surface area contributed by atoms with E-state index in [2.05, 4.69) is 15.5 Å². The number of carbonyl (C=O) groups excluding carboxylic acids is 2. The van der Waals surface area contributed by atoms with Crippen LogP contribution in [0.25, 0.3) is 0 Å². The van der Waals surface area contributed by atoms with Crippen LogP contribution in [0.5, 0.6) is 0 Å². The number of fused-ring (bicyclic) bond motifs is 1. The standard InChI is InChI=1S/C18H22N4O5/c1-11-19-17(27-21-11)18-7-13(20-16(24)14-4-3-5-26-14)6-12(18)8-22(10-18)15(23)9-25-2/h3-5,12-13H,6-10H2,1-2H3,(H,20,24)/t12-,13+,18-/m0/s1. The van der Waals surface area contributed by atoms with Gasteiger partial charge in [-0.1, -0.05) is 5.16 Å². The van der Waals surface area contributed by atoms with Crippen molar-refractivity contribution in [2.24, 2.45) is 5.92 Å². The average molecular weight is 374 g/mol. The van der Waals surface area contributed by atoms with Crippen LogP contribution in [0.1, 0.15) is 35.1 Å². The lowest BCUT2D eigenvalue weighted by Gasteiger charge is -2.25. The molecule has 1 N–H and O–H groups in total. The Kier molecular flexibility index (Phi) is 4.47. The minimum Gasteiger partial charge on any atom is -0.459 e. The maximum absolute atomic E-state index is 12.3. The van der Waals surface area contributed by atoms with Gasteiger partial charge >= 0.3 is 0 Å². The molecule has 2 fully saturated rings. The van der Waals surface area contributed by atoms with Crippen LogP contribution >= 0.6 is 0 Å². The maximum Gasteiger partial charge on any atom is 0.287 e. The van der Waals surface area contributed by atoms with Gasteiger partial charge in [-0.3, -0.25) is 9.59 Å². The molecular formula is C18H22N4O5. The van der Waals surface area contributed by atoms with Crippen LogP contribution in [0.2, 0.25) is 0 Å². The number of rotatable bonds is 5. The van der Waals surface area contributed by atoms with Gasteiger partial charge in [0, 0.05) is 26.2 Å². The Hall–Kier alpha value is -2.68. The van der Waals surface area contributed by atoms with E-state index in [-0.39, 0.29) is 36.1 Å². The highest BCUT2D eigenvalue weighted by atomic mass is 16.5. The summed E-state index contributed by atoms with van der Waals surface area (Å²) in [5.41, 5.74) is -0.453. The van der Waals surface area contributed by atoms with E-state index in [1.54, 1.807) is 24.0 Å². The monoisotopic (exact) mass is 374 g/mol. The number of methoxy groups -OCH3 is 1. The molecule has 2 aliphatic rings. The number of carbonyl (C=O) groups is 2. The van der Waals surface area contributed by atoms with Crippen molar-refractivity contribution in [3.05, 3.63) is 35.9 Å². The fraction of sp³-hybridized carbons (Fsp3) is 0.556. The summed E-state index contributed by atoms with van der Waals surface area (Å²) in [6.45, 7) is 2.88. The molecule has 2 amide bonds. The van der Waals surface area contributed by atoms with Crippen molar-refractivity contribution >= 4 is 11.8 Å². The van der Waals surface area contributed by atoms with Gasteiger partial charge in [0.05, 0.1) is 11.7 Å². The molecule has 0 radical (unpaired) electrons. The minimum absolute atomic E-state index is 0.0460. The molecule has 9 nitrogen and oxygen atoms in total. The highest BCUT2D eigenvalue weighted by Gasteiger charge is 2.58. The minimum atomic E-state index is -0.453. The smallest absolute Gasteiger partial charge is 0.287 e. The van der Waals surface area contributed by atoms with Gasteiger partial charge in [0.25, 0.3) is 5.91 Å². The topological polar surface area (TPSA) is 111 Å². The highest BCUT2D eigenvalue weighted by molar-refractivity contribution is 5.91. The molecule has 9 heteroatoms. The normalized spacial score (nSPS) is 27.0. The van der Waals surface area contributed by atoms with Crippen molar-refractivity contribution in [3.8, 4) is 0 Å². The highest BCUT2D eigenvalue weighted by Crippen LogP contribution is 2.50. The van der Waals surface area contributed by atoms with Crippen LogP contribution in [-0.4, -0.2) is 59.7 Å². The summed E-state index contributed by atoms with van der Waals surface area (Å²) in [5.74, 6) is 1.20. The van der Waals surface area contributed by atoms with Crippen LogP contribution in [0.4, 0.5) is 0 Å². The van der Waals surface area contributed by atoms with Crippen molar-refractivity contribution in [1.29, 1.82) is 0 Å². The zero-order valence-electron chi connectivity index (χ0n) is 15.3. The number of hydrogen-bond donors (Lipinski definition) is 1. The first kappa shape index (κ1) is 17.7. The van der Waals surface area contributed by atoms with Crippen molar-refractivity contribution in [2.75, 3.05) is 26.8 Å². The second-order valence-electron chi connectivity index (χ2n) is 7.29. The van der Waals surface area contributed by atoms with Crippen molar-refractivity contribution in [1.82, 2.24) is 20.4 Å². The predicted octanol–water partition coefficient (Wildman–Crippen LogP) is 0.906. The summed E-state index contributed by atoms with van der Waals surface area (Å²) in [6.07, 6.45) is 2.83. The Morgan fingerprint density at radius 2 is 2.33 bits per heavy atom. The Bertz CT molecular complexity index is 833. The number of aryl methyl sites for hydroxylation is 1. The summed E-state index contributed by atoms with van der Waals surface area (Å²) in [6, 6.07) is 3.26. The van der Waals surface area contributed by atoms with Crippen molar-refractivity contribution < 1.29 is 23.3 Å². The van der Waals surface area contributed by atoms with Gasteiger partial charge in [-0.25, -0.2) is 0 Å². The third-order valence-electron chi connectivity index (χ3n) is 5.53. The number of nitrogens with one attached hydrogen (secondary N) is 1. The van der Waals surface area contributed by atoms with E-state index in [1.807, 2.05) is 0 Å². The zero-order chi connectivity index (χ0) is 19.0. The lowest BCUT2D eigenvalue weighted by Crippen LogP contribution is -2.40. The summed E-state index contributed by atoms with van der Waals surface area (Å²) in [5, 5.41) is 6.96. The third-order valence-corrected chi connectivity index (χ3v) is 5.53. The van der Waals surface area contributed by atoms with E-state index < -0.39 is 5.41 Å². The quantitative estimate of drug-likeness (QED) is 0.828. The largest absolute Gasteiger partial charge is 0.459 e.